The lowest BCUT2D eigenvalue weighted by Crippen LogP contribution is -2.01. The lowest BCUT2D eigenvalue weighted by atomic mass is 10.0. The quantitative estimate of drug-likeness (QED) is 0.259. The van der Waals surface area contributed by atoms with E-state index in [4.69, 9.17) is 0 Å². The largest absolute Gasteiger partial charge is 0.385 e. The van der Waals surface area contributed by atoms with Crippen molar-refractivity contribution in [1.29, 1.82) is 0 Å². The van der Waals surface area contributed by atoms with Crippen molar-refractivity contribution in [2.75, 3.05) is 11.9 Å². The highest BCUT2D eigenvalue weighted by Crippen LogP contribution is 2.14. The summed E-state index contributed by atoms with van der Waals surface area (Å²) in [6.45, 7) is 5.69. The average molecular weight is 360 g/mol. The highest BCUT2D eigenvalue weighted by Gasteiger charge is 1.97. The van der Waals surface area contributed by atoms with Crippen molar-refractivity contribution in [2.24, 2.45) is 0 Å². The molecule has 0 bridgehead atoms. The van der Waals surface area contributed by atoms with E-state index in [0.29, 0.717) is 0 Å². The molecular weight excluding hydrogens is 314 g/mol. The molecule has 0 aliphatic carbocycles. The molecule has 0 aliphatic heterocycles. The van der Waals surface area contributed by atoms with Crippen LogP contribution in [0.4, 0.5) is 5.69 Å². The number of hydrogen-bond donors (Lipinski definition) is 1. The van der Waals surface area contributed by atoms with Crippen LogP contribution >= 0.6 is 0 Å². The SMILES string of the molecule is CCCCCCCCCCCNc1ccc(CCCCCCCC)cc1. The van der Waals surface area contributed by atoms with Crippen LogP contribution in [0.15, 0.2) is 24.3 Å². The van der Waals surface area contributed by atoms with Crippen LogP contribution in [0.3, 0.4) is 0 Å². The highest BCUT2D eigenvalue weighted by atomic mass is 14.9. The third kappa shape index (κ3) is 13.3. The van der Waals surface area contributed by atoms with Crippen LogP contribution in [0.1, 0.15) is 116 Å². The van der Waals surface area contributed by atoms with Gasteiger partial charge in [-0.05, 0) is 37.0 Å². The van der Waals surface area contributed by atoms with E-state index >= 15 is 0 Å². The maximum absolute atomic E-state index is 3.58. The molecule has 1 aromatic carbocycles. The first-order chi connectivity index (χ1) is 12.9. The molecule has 0 saturated heterocycles. The number of anilines is 1. The first kappa shape index (κ1) is 23.1. The summed E-state index contributed by atoms with van der Waals surface area (Å²) in [4.78, 5) is 0. The Balaban J connectivity index is 1.96. The minimum absolute atomic E-state index is 1.12. The van der Waals surface area contributed by atoms with Gasteiger partial charge in [-0.1, -0.05) is 109 Å². The molecule has 26 heavy (non-hydrogen) atoms. The van der Waals surface area contributed by atoms with E-state index in [9.17, 15) is 0 Å². The molecule has 1 heteroatoms. The van der Waals surface area contributed by atoms with Crippen molar-refractivity contribution in [1.82, 2.24) is 0 Å². The van der Waals surface area contributed by atoms with E-state index < -0.39 is 0 Å². The Bertz CT molecular complexity index is 395. The van der Waals surface area contributed by atoms with Crippen molar-refractivity contribution in [3.63, 3.8) is 0 Å². The smallest absolute Gasteiger partial charge is 0.0340 e. The molecule has 0 amide bonds. The van der Waals surface area contributed by atoms with Gasteiger partial charge in [0.2, 0.25) is 0 Å². The fourth-order valence-electron chi connectivity index (χ4n) is 3.57. The van der Waals surface area contributed by atoms with Crippen molar-refractivity contribution in [2.45, 2.75) is 117 Å². The summed E-state index contributed by atoms with van der Waals surface area (Å²) in [6.07, 6.45) is 22.1. The number of nitrogens with one attached hydrogen (secondary N) is 1. The molecule has 150 valence electrons. The predicted octanol–water partition coefficient (Wildman–Crippen LogP) is 8.53. The minimum atomic E-state index is 1.12. The van der Waals surface area contributed by atoms with E-state index in [0.717, 1.165) is 6.54 Å². The van der Waals surface area contributed by atoms with Gasteiger partial charge in [-0.15, -0.1) is 0 Å². The number of hydrogen-bond acceptors (Lipinski definition) is 1. The second-order valence-electron chi connectivity index (χ2n) is 7.97. The van der Waals surface area contributed by atoms with Crippen LogP contribution < -0.4 is 5.32 Å². The molecule has 0 radical (unpaired) electrons. The molecule has 0 heterocycles. The average Bonchev–Trinajstić information content (AvgIpc) is 2.67. The molecule has 0 atom stereocenters. The van der Waals surface area contributed by atoms with Crippen LogP contribution in [-0.4, -0.2) is 6.54 Å². The molecule has 0 spiro atoms. The summed E-state index contributed by atoms with van der Waals surface area (Å²) in [7, 11) is 0. The topological polar surface area (TPSA) is 12.0 Å². The van der Waals surface area contributed by atoms with Crippen LogP contribution in [0.25, 0.3) is 0 Å². The molecule has 0 aromatic heterocycles. The van der Waals surface area contributed by atoms with Gasteiger partial charge in [-0.2, -0.15) is 0 Å². The van der Waals surface area contributed by atoms with Crippen molar-refractivity contribution in [3.8, 4) is 0 Å². The number of benzene rings is 1. The van der Waals surface area contributed by atoms with Gasteiger partial charge < -0.3 is 5.32 Å². The standard InChI is InChI=1S/C25H45N/c1-3-5-7-9-11-12-13-15-17-23-26-25-21-19-24(20-22-25)18-16-14-10-8-6-4-2/h19-22,26H,3-18,23H2,1-2H3. The first-order valence-electron chi connectivity index (χ1n) is 11.7. The van der Waals surface area contributed by atoms with Gasteiger partial charge in [0.15, 0.2) is 0 Å². The van der Waals surface area contributed by atoms with Crippen LogP contribution in [0.2, 0.25) is 0 Å². The molecule has 1 aromatic rings. The molecule has 1 nitrogen and oxygen atoms in total. The van der Waals surface area contributed by atoms with E-state index in [1.54, 1.807) is 0 Å². The van der Waals surface area contributed by atoms with Crippen LogP contribution in [-0.2, 0) is 6.42 Å². The number of aryl methyl sites for hydroxylation is 1. The Hall–Kier alpha value is -0.980. The Morgan fingerprint density at radius 1 is 0.538 bits per heavy atom. The zero-order valence-electron chi connectivity index (χ0n) is 17.8. The van der Waals surface area contributed by atoms with Crippen LogP contribution in [0, 0.1) is 0 Å². The summed E-state index contributed by atoms with van der Waals surface area (Å²) in [5.41, 5.74) is 2.78. The predicted molar refractivity (Wildman–Crippen MR) is 119 cm³/mol. The van der Waals surface area contributed by atoms with E-state index in [1.165, 1.54) is 114 Å². The van der Waals surface area contributed by atoms with E-state index in [-0.39, 0.29) is 0 Å². The first-order valence-corrected chi connectivity index (χ1v) is 11.7. The van der Waals surface area contributed by atoms with E-state index in [1.807, 2.05) is 0 Å². The van der Waals surface area contributed by atoms with Gasteiger partial charge in [0.1, 0.15) is 0 Å². The molecule has 0 saturated carbocycles. The van der Waals surface area contributed by atoms with Crippen molar-refractivity contribution in [3.05, 3.63) is 29.8 Å². The van der Waals surface area contributed by atoms with Gasteiger partial charge in [0.25, 0.3) is 0 Å². The lowest BCUT2D eigenvalue weighted by Gasteiger charge is -2.08. The third-order valence-electron chi connectivity index (χ3n) is 5.38. The summed E-state index contributed by atoms with van der Waals surface area (Å²) in [5, 5.41) is 3.58. The lowest BCUT2D eigenvalue weighted by molar-refractivity contribution is 0.569. The van der Waals surface area contributed by atoms with Crippen LogP contribution in [0.5, 0.6) is 0 Å². The molecule has 0 fully saturated rings. The van der Waals surface area contributed by atoms with Gasteiger partial charge in [-0.3, -0.25) is 0 Å². The van der Waals surface area contributed by atoms with Crippen molar-refractivity contribution >= 4 is 5.69 Å². The number of unbranched alkanes of at least 4 members (excludes halogenated alkanes) is 13. The zero-order chi connectivity index (χ0) is 18.7. The monoisotopic (exact) mass is 359 g/mol. The third-order valence-corrected chi connectivity index (χ3v) is 5.38. The Labute approximate surface area is 164 Å². The maximum Gasteiger partial charge on any atom is 0.0340 e. The van der Waals surface area contributed by atoms with Gasteiger partial charge >= 0.3 is 0 Å². The maximum atomic E-state index is 3.58. The molecule has 0 aliphatic rings. The fourth-order valence-corrected chi connectivity index (χ4v) is 3.57. The molecule has 1 rings (SSSR count). The number of rotatable bonds is 18. The summed E-state index contributed by atoms with van der Waals surface area (Å²) >= 11 is 0. The summed E-state index contributed by atoms with van der Waals surface area (Å²) < 4.78 is 0. The normalized spacial score (nSPS) is 11.0. The van der Waals surface area contributed by atoms with Crippen molar-refractivity contribution < 1.29 is 0 Å². The second kappa shape index (κ2) is 17.4. The summed E-state index contributed by atoms with van der Waals surface area (Å²) in [5.74, 6) is 0. The minimum Gasteiger partial charge on any atom is -0.385 e. The fraction of sp³-hybridized carbons (Fsp3) is 0.760. The molecule has 1 N–H and O–H groups in total. The summed E-state index contributed by atoms with van der Waals surface area (Å²) in [6, 6.07) is 9.15. The molecular formula is C25H45N. The second-order valence-corrected chi connectivity index (χ2v) is 7.97. The van der Waals surface area contributed by atoms with Gasteiger partial charge in [-0.25, -0.2) is 0 Å². The molecule has 0 unspecified atom stereocenters. The highest BCUT2D eigenvalue weighted by molar-refractivity contribution is 5.44. The Morgan fingerprint density at radius 2 is 1.00 bits per heavy atom. The van der Waals surface area contributed by atoms with Gasteiger partial charge in [0.05, 0.1) is 0 Å². The van der Waals surface area contributed by atoms with E-state index in [2.05, 4.69) is 43.4 Å². The van der Waals surface area contributed by atoms with Gasteiger partial charge in [0, 0.05) is 12.2 Å². The zero-order valence-corrected chi connectivity index (χ0v) is 17.8. The Morgan fingerprint density at radius 3 is 1.54 bits per heavy atom. The Kier molecular flexibility index (Phi) is 15.5.